The topological polar surface area (TPSA) is 58.6 Å². The third kappa shape index (κ3) is 5.08. The zero-order valence-corrected chi connectivity index (χ0v) is 14.9. The van der Waals surface area contributed by atoms with Gasteiger partial charge in [0.05, 0.1) is 11.7 Å². The molecule has 0 saturated carbocycles. The van der Waals surface area contributed by atoms with Crippen LogP contribution in [-0.4, -0.2) is 53.0 Å². The number of aryl methyl sites for hydroxylation is 1. The maximum atomic E-state index is 12.4. The molecule has 2 rings (SSSR count). The molecule has 0 bridgehead atoms. The van der Waals surface area contributed by atoms with Crippen molar-refractivity contribution in [2.24, 2.45) is 0 Å². The first kappa shape index (κ1) is 17.5. The molecule has 1 aliphatic rings. The second kappa shape index (κ2) is 7.15. The van der Waals surface area contributed by atoms with E-state index in [1.165, 1.54) is 0 Å². The van der Waals surface area contributed by atoms with E-state index in [-0.39, 0.29) is 12.1 Å². The summed E-state index contributed by atoms with van der Waals surface area (Å²) in [6.45, 7) is 9.11. The van der Waals surface area contributed by atoms with Crippen molar-refractivity contribution < 1.29 is 9.53 Å². The Bertz CT molecular complexity index is 524. The molecule has 1 atom stereocenters. The second-order valence-corrected chi connectivity index (χ2v) is 7.24. The highest BCUT2D eigenvalue weighted by atomic mass is 16.6. The van der Waals surface area contributed by atoms with Crippen molar-refractivity contribution in [1.29, 1.82) is 0 Å². The number of amides is 1. The van der Waals surface area contributed by atoms with Gasteiger partial charge in [0.25, 0.3) is 0 Å². The molecule has 23 heavy (non-hydrogen) atoms. The van der Waals surface area contributed by atoms with E-state index in [9.17, 15) is 4.79 Å². The molecule has 0 spiro atoms. The van der Waals surface area contributed by atoms with Gasteiger partial charge in [0.1, 0.15) is 5.60 Å². The largest absolute Gasteiger partial charge is 0.444 e. The zero-order valence-electron chi connectivity index (χ0n) is 14.9. The first-order valence-corrected chi connectivity index (χ1v) is 8.27. The molecular formula is C17H28N4O2. The molecule has 1 aromatic heterocycles. The Morgan fingerprint density at radius 3 is 2.70 bits per heavy atom. The van der Waals surface area contributed by atoms with Crippen LogP contribution in [0.15, 0.2) is 12.1 Å². The highest BCUT2D eigenvalue weighted by Crippen LogP contribution is 2.22. The summed E-state index contributed by atoms with van der Waals surface area (Å²) in [4.78, 5) is 16.4. The second-order valence-electron chi connectivity index (χ2n) is 7.24. The summed E-state index contributed by atoms with van der Waals surface area (Å²) in [5, 5.41) is 8.31. The standard InChI is InChI=1S/C17H28N4O2/c1-13-9-10-15(19-18-13)20(5)12-14-8-6-7-11-21(14)16(22)23-17(2,3)4/h9-10,14H,6-8,11-12H2,1-5H3/t14-/m1/s1. The smallest absolute Gasteiger partial charge is 0.410 e. The maximum Gasteiger partial charge on any atom is 0.410 e. The molecule has 6 nitrogen and oxygen atoms in total. The van der Waals surface area contributed by atoms with Gasteiger partial charge in [-0.15, -0.1) is 5.10 Å². The molecular weight excluding hydrogens is 292 g/mol. The molecule has 0 N–H and O–H groups in total. The Labute approximate surface area is 138 Å². The van der Waals surface area contributed by atoms with Gasteiger partial charge >= 0.3 is 6.09 Å². The molecule has 6 heteroatoms. The van der Waals surface area contributed by atoms with Gasteiger partial charge in [0, 0.05) is 20.1 Å². The van der Waals surface area contributed by atoms with Crippen LogP contribution < -0.4 is 4.90 Å². The monoisotopic (exact) mass is 320 g/mol. The Hall–Kier alpha value is -1.85. The zero-order chi connectivity index (χ0) is 17.0. The van der Waals surface area contributed by atoms with Crippen LogP contribution in [0.2, 0.25) is 0 Å². The molecule has 1 aliphatic heterocycles. The highest BCUT2D eigenvalue weighted by Gasteiger charge is 2.31. The molecule has 1 amide bonds. The van der Waals surface area contributed by atoms with Gasteiger partial charge in [-0.2, -0.15) is 5.10 Å². The van der Waals surface area contributed by atoms with Gasteiger partial charge in [-0.3, -0.25) is 0 Å². The average molecular weight is 320 g/mol. The Kier molecular flexibility index (Phi) is 5.44. The summed E-state index contributed by atoms with van der Waals surface area (Å²) in [6.07, 6.45) is 2.94. The number of hydrogen-bond acceptors (Lipinski definition) is 5. The van der Waals surface area contributed by atoms with Crippen LogP contribution in [0.3, 0.4) is 0 Å². The number of anilines is 1. The summed E-state index contributed by atoms with van der Waals surface area (Å²) in [6, 6.07) is 4.06. The number of hydrogen-bond donors (Lipinski definition) is 0. The van der Waals surface area contributed by atoms with Crippen molar-refractivity contribution in [2.45, 2.75) is 58.6 Å². The van der Waals surface area contributed by atoms with E-state index in [1.807, 2.05) is 51.8 Å². The lowest BCUT2D eigenvalue weighted by Gasteiger charge is -2.38. The van der Waals surface area contributed by atoms with Crippen molar-refractivity contribution in [3.8, 4) is 0 Å². The molecule has 1 saturated heterocycles. The van der Waals surface area contributed by atoms with Gasteiger partial charge in [-0.25, -0.2) is 4.79 Å². The number of likely N-dealkylation sites (N-methyl/N-ethyl adjacent to an activating group) is 1. The number of carbonyl (C=O) groups is 1. The summed E-state index contributed by atoms with van der Waals surface area (Å²) < 4.78 is 5.55. The van der Waals surface area contributed by atoms with Gasteiger partial charge in [0.2, 0.25) is 0 Å². The average Bonchev–Trinajstić information content (AvgIpc) is 2.46. The predicted molar refractivity (Wildman–Crippen MR) is 90.6 cm³/mol. The molecule has 1 aromatic rings. The van der Waals surface area contributed by atoms with Crippen LogP contribution in [0.4, 0.5) is 10.6 Å². The molecule has 0 aromatic carbocycles. The lowest BCUT2D eigenvalue weighted by Crippen LogP contribution is -2.50. The lowest BCUT2D eigenvalue weighted by molar-refractivity contribution is 0.0108. The van der Waals surface area contributed by atoms with E-state index < -0.39 is 5.60 Å². The number of nitrogens with zero attached hydrogens (tertiary/aromatic N) is 4. The minimum atomic E-state index is -0.465. The van der Waals surface area contributed by atoms with Crippen molar-refractivity contribution in [1.82, 2.24) is 15.1 Å². The number of likely N-dealkylation sites (tertiary alicyclic amines) is 1. The van der Waals surface area contributed by atoms with Crippen LogP contribution in [-0.2, 0) is 4.74 Å². The fraction of sp³-hybridized carbons (Fsp3) is 0.706. The maximum absolute atomic E-state index is 12.4. The van der Waals surface area contributed by atoms with E-state index in [0.717, 1.165) is 43.9 Å². The van der Waals surface area contributed by atoms with E-state index in [4.69, 9.17) is 4.74 Å². The van der Waals surface area contributed by atoms with Gasteiger partial charge in [-0.05, 0) is 59.1 Å². The van der Waals surface area contributed by atoms with Crippen LogP contribution >= 0.6 is 0 Å². The predicted octanol–water partition coefficient (Wildman–Crippen LogP) is 3.01. The fourth-order valence-electron chi connectivity index (χ4n) is 2.76. The van der Waals surface area contributed by atoms with E-state index in [1.54, 1.807) is 0 Å². The Morgan fingerprint density at radius 2 is 2.09 bits per heavy atom. The van der Waals surface area contributed by atoms with Gasteiger partial charge < -0.3 is 14.5 Å². The number of ether oxygens (including phenoxy) is 1. The van der Waals surface area contributed by atoms with Crippen molar-refractivity contribution in [3.05, 3.63) is 17.8 Å². The van der Waals surface area contributed by atoms with Crippen molar-refractivity contribution in [3.63, 3.8) is 0 Å². The van der Waals surface area contributed by atoms with E-state index in [0.29, 0.717) is 0 Å². The lowest BCUT2D eigenvalue weighted by atomic mass is 10.0. The number of aromatic nitrogens is 2. The summed E-state index contributed by atoms with van der Waals surface area (Å²) in [7, 11) is 1.99. The number of carbonyl (C=O) groups excluding carboxylic acids is 1. The van der Waals surface area contributed by atoms with Gasteiger partial charge in [-0.1, -0.05) is 0 Å². The van der Waals surface area contributed by atoms with E-state index in [2.05, 4.69) is 15.1 Å². The Balaban J connectivity index is 2.03. The van der Waals surface area contributed by atoms with Crippen LogP contribution in [0.5, 0.6) is 0 Å². The van der Waals surface area contributed by atoms with Crippen LogP contribution in [0.1, 0.15) is 45.7 Å². The molecule has 2 heterocycles. The third-order valence-electron chi connectivity index (χ3n) is 3.91. The minimum Gasteiger partial charge on any atom is -0.444 e. The SMILES string of the molecule is Cc1ccc(N(C)C[C@H]2CCCCN2C(=O)OC(C)(C)C)nn1. The third-order valence-corrected chi connectivity index (χ3v) is 3.91. The molecule has 0 radical (unpaired) electrons. The minimum absolute atomic E-state index is 0.145. The first-order valence-electron chi connectivity index (χ1n) is 8.27. The van der Waals surface area contributed by atoms with Crippen LogP contribution in [0.25, 0.3) is 0 Å². The van der Waals surface area contributed by atoms with E-state index >= 15 is 0 Å². The Morgan fingerprint density at radius 1 is 1.35 bits per heavy atom. The van der Waals surface area contributed by atoms with Crippen molar-refractivity contribution >= 4 is 11.9 Å². The quantitative estimate of drug-likeness (QED) is 0.857. The normalized spacial score (nSPS) is 18.7. The molecule has 1 fully saturated rings. The number of piperidine rings is 1. The molecule has 128 valence electrons. The van der Waals surface area contributed by atoms with Gasteiger partial charge in [0.15, 0.2) is 5.82 Å². The highest BCUT2D eigenvalue weighted by molar-refractivity contribution is 5.68. The van der Waals surface area contributed by atoms with Crippen molar-refractivity contribution in [2.75, 3.05) is 25.0 Å². The fourth-order valence-corrected chi connectivity index (χ4v) is 2.76. The molecule has 0 aliphatic carbocycles. The summed E-state index contributed by atoms with van der Waals surface area (Å²) in [5.74, 6) is 0.824. The molecule has 0 unspecified atom stereocenters. The first-order chi connectivity index (χ1) is 10.8. The summed E-state index contributed by atoms with van der Waals surface area (Å²) in [5.41, 5.74) is 0.433. The summed E-state index contributed by atoms with van der Waals surface area (Å²) >= 11 is 0. The van der Waals surface area contributed by atoms with Crippen LogP contribution in [0, 0.1) is 6.92 Å². The number of rotatable bonds is 3.